The van der Waals surface area contributed by atoms with Gasteiger partial charge in [0.1, 0.15) is 11.6 Å². The molecule has 12 heteroatoms. The van der Waals surface area contributed by atoms with Gasteiger partial charge in [-0.1, -0.05) is 24.3 Å². The Morgan fingerprint density at radius 1 is 1.09 bits per heavy atom. The number of amides is 1. The molecule has 0 aliphatic rings. The highest BCUT2D eigenvalue weighted by Gasteiger charge is 2.19. The molecule has 0 bridgehead atoms. The van der Waals surface area contributed by atoms with Gasteiger partial charge in [0.25, 0.3) is 0 Å². The number of likely N-dealkylation sites (N-methyl/N-ethyl adjacent to an activating group) is 2. The molecule has 2 aromatic carbocycles. The molecule has 4 rings (SSSR count). The molecule has 0 aliphatic heterocycles. The lowest BCUT2D eigenvalue weighted by atomic mass is 10.2. The molecular weight excluding hydrogens is 560 g/mol. The number of imidazole rings is 1. The van der Waals surface area contributed by atoms with Gasteiger partial charge in [0.15, 0.2) is 0 Å². The van der Waals surface area contributed by atoms with E-state index in [-0.39, 0.29) is 24.2 Å². The fraction of sp³-hybridized carbons (Fsp3) is 0.312. The van der Waals surface area contributed by atoms with Gasteiger partial charge >= 0.3 is 5.69 Å². The Kier molecular flexibility index (Phi) is 10.2. The van der Waals surface area contributed by atoms with Crippen molar-refractivity contribution in [1.29, 1.82) is 0 Å². The maximum atomic E-state index is 13.7. The van der Waals surface area contributed by atoms with E-state index >= 15 is 0 Å². The number of aromatic nitrogens is 4. The monoisotopic (exact) mass is 600 g/mol. The summed E-state index contributed by atoms with van der Waals surface area (Å²) in [7, 11) is 7.50. The minimum absolute atomic E-state index is 0.138. The zero-order valence-electron chi connectivity index (χ0n) is 26.1. The van der Waals surface area contributed by atoms with Gasteiger partial charge < -0.3 is 30.3 Å². The van der Waals surface area contributed by atoms with Crippen LogP contribution in [0.1, 0.15) is 19.4 Å². The maximum absolute atomic E-state index is 13.7. The summed E-state index contributed by atoms with van der Waals surface area (Å²) in [6.07, 6.45) is 4.75. The third kappa shape index (κ3) is 7.16. The zero-order valence-corrected chi connectivity index (χ0v) is 26.1. The number of hydrogen-bond acceptors (Lipinski definition) is 9. The number of aliphatic hydroxyl groups excluding tert-OH is 1. The molecule has 232 valence electrons. The van der Waals surface area contributed by atoms with Crippen LogP contribution in [0.2, 0.25) is 0 Å². The molecule has 2 aromatic heterocycles. The number of hydrogen-bond donors (Lipinski definition) is 3. The quantitative estimate of drug-likeness (QED) is 0.154. The number of nitrogens with zero attached hydrogens (tertiary/aromatic N) is 6. The molecule has 0 saturated carbocycles. The number of nitrogens with one attached hydrogen (secondary N) is 2. The summed E-state index contributed by atoms with van der Waals surface area (Å²) in [5.41, 5.74) is 4.67. The number of fused-ring (bicyclic) bond motifs is 1. The standard InChI is InChI=1S/C32H40N8O4/c1-8-30(42)34-23-18-24(28(44-7)19-26(23)38(6)16-15-37(4)5)35-31-33-13-11-29(36-31)40-25-10-9-22(20-41)17-27(25)39(32(40)43)14-12-21(2)3/h8-13,17-19,41H,1,14-16,20H2,2-7H3,(H,34,42)(H,33,35,36). The van der Waals surface area contributed by atoms with Gasteiger partial charge in [-0.3, -0.25) is 9.36 Å². The molecule has 0 radical (unpaired) electrons. The predicted molar refractivity (Wildman–Crippen MR) is 175 cm³/mol. The molecule has 4 aromatic rings. The highest BCUT2D eigenvalue weighted by atomic mass is 16.5. The number of benzene rings is 2. The van der Waals surface area contributed by atoms with Crippen molar-refractivity contribution in [3.05, 3.63) is 82.9 Å². The van der Waals surface area contributed by atoms with Gasteiger partial charge in [-0.05, 0) is 57.8 Å². The Labute approximate surface area is 256 Å². The average molecular weight is 601 g/mol. The fourth-order valence-corrected chi connectivity index (χ4v) is 4.63. The van der Waals surface area contributed by atoms with E-state index in [1.165, 1.54) is 10.6 Å². The van der Waals surface area contributed by atoms with Crippen LogP contribution >= 0.6 is 0 Å². The van der Waals surface area contributed by atoms with Crippen LogP contribution in [0, 0.1) is 0 Å². The molecule has 44 heavy (non-hydrogen) atoms. The summed E-state index contributed by atoms with van der Waals surface area (Å²) in [6.45, 7) is 9.28. The Morgan fingerprint density at radius 2 is 1.86 bits per heavy atom. The largest absolute Gasteiger partial charge is 0.494 e. The molecule has 0 atom stereocenters. The molecule has 0 aliphatic carbocycles. The number of carbonyl (C=O) groups is 1. The third-order valence-corrected chi connectivity index (χ3v) is 7.03. The number of carbonyl (C=O) groups excluding carboxylic acids is 1. The van der Waals surface area contributed by atoms with Crippen molar-refractivity contribution in [2.24, 2.45) is 0 Å². The van der Waals surface area contributed by atoms with Crippen LogP contribution in [0.25, 0.3) is 16.9 Å². The fourth-order valence-electron chi connectivity index (χ4n) is 4.63. The van der Waals surface area contributed by atoms with E-state index in [0.717, 1.165) is 17.8 Å². The number of allylic oxidation sites excluding steroid dienone is 2. The number of rotatable bonds is 13. The van der Waals surface area contributed by atoms with E-state index in [1.54, 1.807) is 42.1 Å². The van der Waals surface area contributed by atoms with Crippen LogP contribution in [-0.4, -0.2) is 76.4 Å². The van der Waals surface area contributed by atoms with Crippen LogP contribution < -0.4 is 26.0 Å². The van der Waals surface area contributed by atoms with Crippen LogP contribution in [0.15, 0.2) is 71.7 Å². The SMILES string of the molecule is C=CC(=O)Nc1cc(Nc2nccc(-n3c(=O)n(CC=C(C)C)c4cc(CO)ccc43)n2)c(OC)cc1N(C)CCN(C)C. The highest BCUT2D eigenvalue weighted by molar-refractivity contribution is 6.02. The van der Waals surface area contributed by atoms with Crippen molar-refractivity contribution in [2.75, 3.05) is 56.9 Å². The Balaban J connectivity index is 1.78. The van der Waals surface area contributed by atoms with Crippen molar-refractivity contribution < 1.29 is 14.6 Å². The number of anilines is 4. The predicted octanol–water partition coefficient (Wildman–Crippen LogP) is 3.92. The third-order valence-electron chi connectivity index (χ3n) is 7.03. The molecular formula is C32H40N8O4. The van der Waals surface area contributed by atoms with E-state index in [9.17, 15) is 14.7 Å². The second kappa shape index (κ2) is 14.0. The molecule has 0 fully saturated rings. The summed E-state index contributed by atoms with van der Waals surface area (Å²) in [5.74, 6) is 0.744. The smallest absolute Gasteiger partial charge is 0.335 e. The maximum Gasteiger partial charge on any atom is 0.335 e. The lowest BCUT2D eigenvalue weighted by Crippen LogP contribution is -2.29. The van der Waals surface area contributed by atoms with Crippen molar-refractivity contribution in [2.45, 2.75) is 27.0 Å². The van der Waals surface area contributed by atoms with Gasteiger partial charge in [-0.15, -0.1) is 0 Å². The molecule has 1 amide bonds. The molecule has 3 N–H and O–H groups in total. The summed E-state index contributed by atoms with van der Waals surface area (Å²) in [5, 5.41) is 15.8. The highest BCUT2D eigenvalue weighted by Crippen LogP contribution is 2.38. The van der Waals surface area contributed by atoms with Gasteiger partial charge in [0, 0.05) is 45.0 Å². The van der Waals surface area contributed by atoms with E-state index in [4.69, 9.17) is 4.74 Å². The van der Waals surface area contributed by atoms with Crippen molar-refractivity contribution >= 4 is 40.0 Å². The number of methoxy groups -OCH3 is 1. The first-order valence-corrected chi connectivity index (χ1v) is 14.2. The normalized spacial score (nSPS) is 11.0. The van der Waals surface area contributed by atoms with Gasteiger partial charge in [-0.25, -0.2) is 14.3 Å². The molecule has 2 heterocycles. The van der Waals surface area contributed by atoms with Crippen LogP contribution in [0.4, 0.5) is 23.0 Å². The van der Waals surface area contributed by atoms with E-state index in [1.807, 2.05) is 58.1 Å². The summed E-state index contributed by atoms with van der Waals surface area (Å²) >= 11 is 0. The summed E-state index contributed by atoms with van der Waals surface area (Å²) in [6, 6.07) is 10.7. The molecule has 0 unspecified atom stereocenters. The molecule has 0 spiro atoms. The lowest BCUT2D eigenvalue weighted by Gasteiger charge is -2.26. The van der Waals surface area contributed by atoms with E-state index in [0.29, 0.717) is 52.6 Å². The van der Waals surface area contributed by atoms with E-state index < -0.39 is 0 Å². The van der Waals surface area contributed by atoms with Crippen LogP contribution in [0.5, 0.6) is 5.75 Å². The number of ether oxygens (including phenoxy) is 1. The average Bonchev–Trinajstić information content (AvgIpc) is 3.28. The Bertz CT molecular complexity index is 1750. The zero-order chi connectivity index (χ0) is 32.0. The van der Waals surface area contributed by atoms with Crippen LogP contribution in [0.3, 0.4) is 0 Å². The topological polar surface area (TPSA) is 130 Å². The molecule has 12 nitrogen and oxygen atoms in total. The van der Waals surface area contributed by atoms with Crippen molar-refractivity contribution in [3.63, 3.8) is 0 Å². The minimum atomic E-state index is -0.352. The number of aliphatic hydroxyl groups is 1. The van der Waals surface area contributed by atoms with Crippen LogP contribution in [-0.2, 0) is 17.9 Å². The summed E-state index contributed by atoms with van der Waals surface area (Å²) in [4.78, 5) is 39.2. The van der Waals surface area contributed by atoms with E-state index in [2.05, 4.69) is 32.1 Å². The van der Waals surface area contributed by atoms with Crippen molar-refractivity contribution in [3.8, 4) is 11.6 Å². The minimum Gasteiger partial charge on any atom is -0.494 e. The van der Waals surface area contributed by atoms with Crippen molar-refractivity contribution in [1.82, 2.24) is 24.0 Å². The summed E-state index contributed by atoms with van der Waals surface area (Å²) < 4.78 is 8.89. The lowest BCUT2D eigenvalue weighted by molar-refractivity contribution is -0.111. The first-order chi connectivity index (χ1) is 21.1. The molecule has 0 saturated heterocycles. The van der Waals surface area contributed by atoms with Gasteiger partial charge in [0.2, 0.25) is 11.9 Å². The second-order valence-corrected chi connectivity index (χ2v) is 10.8. The first kappa shape index (κ1) is 32.0. The van der Waals surface area contributed by atoms with Gasteiger partial charge in [0.05, 0.1) is 41.8 Å². The van der Waals surface area contributed by atoms with Gasteiger partial charge in [-0.2, -0.15) is 4.98 Å². The second-order valence-electron chi connectivity index (χ2n) is 10.8. The Morgan fingerprint density at radius 3 is 2.52 bits per heavy atom. The Hall–Kier alpha value is -4.94. The first-order valence-electron chi connectivity index (χ1n) is 14.2.